The highest BCUT2D eigenvalue weighted by Gasteiger charge is 2.06. The van der Waals surface area contributed by atoms with E-state index in [1.165, 1.54) is 18.2 Å². The van der Waals surface area contributed by atoms with Crippen molar-refractivity contribution in [2.45, 2.75) is 0 Å². The fourth-order valence-electron chi connectivity index (χ4n) is 2.19. The van der Waals surface area contributed by atoms with E-state index >= 15 is 0 Å². The molecular formula is C16H12FNO2. The minimum absolute atomic E-state index is 0.236. The lowest BCUT2D eigenvalue weighted by molar-refractivity contribution is 0.415. The summed E-state index contributed by atoms with van der Waals surface area (Å²) in [7, 11) is 1.58. The first-order valence-corrected chi connectivity index (χ1v) is 6.14. The SMILES string of the molecule is COc1cccc(-c2cc3cc(F)ccc3c(=O)[nH]2)c1. The van der Waals surface area contributed by atoms with Crippen molar-refractivity contribution in [1.29, 1.82) is 0 Å². The molecule has 0 fully saturated rings. The number of ether oxygens (including phenoxy) is 1. The highest BCUT2D eigenvalue weighted by atomic mass is 19.1. The van der Waals surface area contributed by atoms with Crippen molar-refractivity contribution in [3.05, 3.63) is 64.7 Å². The largest absolute Gasteiger partial charge is 0.497 e. The van der Waals surface area contributed by atoms with E-state index in [0.717, 1.165) is 5.56 Å². The van der Waals surface area contributed by atoms with E-state index in [-0.39, 0.29) is 11.4 Å². The summed E-state index contributed by atoms with van der Waals surface area (Å²) in [5.41, 5.74) is 1.21. The molecule has 0 bridgehead atoms. The predicted octanol–water partition coefficient (Wildman–Crippen LogP) is 3.34. The molecule has 3 aromatic rings. The van der Waals surface area contributed by atoms with Crippen molar-refractivity contribution in [2.75, 3.05) is 7.11 Å². The third kappa shape index (κ3) is 2.16. The van der Waals surface area contributed by atoms with Crippen LogP contribution in [-0.4, -0.2) is 12.1 Å². The number of benzene rings is 2. The fraction of sp³-hybridized carbons (Fsp3) is 0.0625. The van der Waals surface area contributed by atoms with Gasteiger partial charge in [0.25, 0.3) is 5.56 Å². The maximum Gasteiger partial charge on any atom is 0.256 e. The molecule has 0 spiro atoms. The Morgan fingerprint density at radius 1 is 1.10 bits per heavy atom. The summed E-state index contributed by atoms with van der Waals surface area (Å²) in [6.45, 7) is 0. The van der Waals surface area contributed by atoms with Crippen molar-refractivity contribution >= 4 is 10.8 Å². The van der Waals surface area contributed by atoms with Gasteiger partial charge in [-0.2, -0.15) is 0 Å². The van der Waals surface area contributed by atoms with Gasteiger partial charge < -0.3 is 9.72 Å². The zero-order chi connectivity index (χ0) is 14.1. The maximum atomic E-state index is 13.3. The number of aromatic amines is 1. The van der Waals surface area contributed by atoms with Crippen LogP contribution in [0.4, 0.5) is 4.39 Å². The Bertz CT molecular complexity index is 839. The van der Waals surface area contributed by atoms with Crippen LogP contribution in [0.15, 0.2) is 53.3 Å². The summed E-state index contributed by atoms with van der Waals surface area (Å²) in [6.07, 6.45) is 0. The minimum atomic E-state index is -0.361. The van der Waals surface area contributed by atoms with Crippen LogP contribution in [0.2, 0.25) is 0 Å². The Balaban J connectivity index is 2.23. The number of H-pyrrole nitrogens is 1. The van der Waals surface area contributed by atoms with Crippen LogP contribution >= 0.6 is 0 Å². The van der Waals surface area contributed by atoms with Crippen molar-refractivity contribution < 1.29 is 9.13 Å². The van der Waals surface area contributed by atoms with Gasteiger partial charge in [-0.05, 0) is 41.8 Å². The van der Waals surface area contributed by atoms with Crippen LogP contribution in [0.3, 0.4) is 0 Å². The van der Waals surface area contributed by atoms with Gasteiger partial charge in [0, 0.05) is 16.6 Å². The number of rotatable bonds is 2. The highest BCUT2D eigenvalue weighted by Crippen LogP contribution is 2.23. The van der Waals surface area contributed by atoms with E-state index < -0.39 is 0 Å². The predicted molar refractivity (Wildman–Crippen MR) is 76.5 cm³/mol. The second-order valence-electron chi connectivity index (χ2n) is 4.48. The van der Waals surface area contributed by atoms with Crippen LogP contribution < -0.4 is 10.3 Å². The first-order valence-electron chi connectivity index (χ1n) is 6.14. The molecule has 1 heterocycles. The molecule has 0 saturated heterocycles. The first-order chi connectivity index (χ1) is 9.67. The topological polar surface area (TPSA) is 42.1 Å². The number of hydrogen-bond donors (Lipinski definition) is 1. The molecule has 0 atom stereocenters. The summed E-state index contributed by atoms with van der Waals surface area (Å²) >= 11 is 0. The molecule has 0 aliphatic carbocycles. The molecule has 3 rings (SSSR count). The van der Waals surface area contributed by atoms with Crippen LogP contribution in [0, 0.1) is 5.82 Å². The molecule has 3 nitrogen and oxygen atoms in total. The number of pyridine rings is 1. The molecule has 0 unspecified atom stereocenters. The summed E-state index contributed by atoms with van der Waals surface area (Å²) in [4.78, 5) is 14.8. The van der Waals surface area contributed by atoms with Gasteiger partial charge in [-0.25, -0.2) is 4.39 Å². The van der Waals surface area contributed by atoms with Crippen molar-refractivity contribution in [2.24, 2.45) is 0 Å². The molecule has 4 heteroatoms. The average Bonchev–Trinajstić information content (AvgIpc) is 2.46. The summed E-state index contributed by atoms with van der Waals surface area (Å²) in [5.74, 6) is 0.336. The number of aromatic nitrogens is 1. The Labute approximate surface area is 114 Å². The lowest BCUT2D eigenvalue weighted by atomic mass is 10.1. The number of hydrogen-bond acceptors (Lipinski definition) is 2. The van der Waals surface area contributed by atoms with Gasteiger partial charge >= 0.3 is 0 Å². The second-order valence-corrected chi connectivity index (χ2v) is 4.48. The Morgan fingerprint density at radius 3 is 2.75 bits per heavy atom. The van der Waals surface area contributed by atoms with Crippen molar-refractivity contribution in [1.82, 2.24) is 4.98 Å². The van der Waals surface area contributed by atoms with Crippen LogP contribution in [0.5, 0.6) is 5.75 Å². The molecule has 0 saturated carbocycles. The minimum Gasteiger partial charge on any atom is -0.497 e. The van der Waals surface area contributed by atoms with Gasteiger partial charge in [0.1, 0.15) is 11.6 Å². The van der Waals surface area contributed by atoms with Gasteiger partial charge in [-0.1, -0.05) is 12.1 Å². The molecule has 1 aromatic heterocycles. The standard InChI is InChI=1S/C16H12FNO2/c1-20-13-4-2-3-10(8-13)15-9-11-7-12(17)5-6-14(11)16(19)18-15/h2-9H,1H3,(H,18,19). The summed E-state index contributed by atoms with van der Waals surface area (Å²) < 4.78 is 18.5. The lowest BCUT2D eigenvalue weighted by Crippen LogP contribution is -2.07. The average molecular weight is 269 g/mol. The van der Waals surface area contributed by atoms with Gasteiger partial charge in [0.15, 0.2) is 0 Å². The molecule has 0 amide bonds. The van der Waals surface area contributed by atoms with E-state index in [0.29, 0.717) is 22.2 Å². The van der Waals surface area contributed by atoms with Crippen molar-refractivity contribution in [3.63, 3.8) is 0 Å². The first kappa shape index (κ1) is 12.4. The number of fused-ring (bicyclic) bond motifs is 1. The van der Waals surface area contributed by atoms with Crippen LogP contribution in [-0.2, 0) is 0 Å². The monoisotopic (exact) mass is 269 g/mol. The Morgan fingerprint density at radius 2 is 1.95 bits per heavy atom. The summed E-state index contributed by atoms with van der Waals surface area (Å²) in [6, 6.07) is 13.2. The molecule has 0 aliphatic rings. The van der Waals surface area contributed by atoms with Gasteiger partial charge in [0.2, 0.25) is 0 Å². The Kier molecular flexibility index (Phi) is 2.99. The van der Waals surface area contributed by atoms with E-state index in [2.05, 4.69) is 4.98 Å². The third-order valence-corrected chi connectivity index (χ3v) is 3.19. The van der Waals surface area contributed by atoms with E-state index in [1.807, 2.05) is 24.3 Å². The normalized spacial score (nSPS) is 10.7. The molecule has 0 aliphatic heterocycles. The second kappa shape index (κ2) is 4.81. The molecular weight excluding hydrogens is 257 g/mol. The quantitative estimate of drug-likeness (QED) is 0.775. The number of nitrogens with one attached hydrogen (secondary N) is 1. The molecule has 100 valence electrons. The zero-order valence-electron chi connectivity index (χ0n) is 10.8. The summed E-state index contributed by atoms with van der Waals surface area (Å²) in [5, 5.41) is 1.05. The van der Waals surface area contributed by atoms with E-state index in [1.54, 1.807) is 13.2 Å². The third-order valence-electron chi connectivity index (χ3n) is 3.19. The van der Waals surface area contributed by atoms with Gasteiger partial charge in [-0.3, -0.25) is 4.79 Å². The molecule has 2 aromatic carbocycles. The van der Waals surface area contributed by atoms with Crippen molar-refractivity contribution in [3.8, 4) is 17.0 Å². The highest BCUT2D eigenvalue weighted by molar-refractivity contribution is 5.85. The van der Waals surface area contributed by atoms with E-state index in [9.17, 15) is 9.18 Å². The van der Waals surface area contributed by atoms with E-state index in [4.69, 9.17) is 4.74 Å². The molecule has 1 N–H and O–H groups in total. The van der Waals surface area contributed by atoms with Crippen LogP contribution in [0.25, 0.3) is 22.0 Å². The number of methoxy groups -OCH3 is 1. The molecule has 20 heavy (non-hydrogen) atoms. The van der Waals surface area contributed by atoms with Gasteiger partial charge in [-0.15, -0.1) is 0 Å². The Hall–Kier alpha value is -2.62. The fourth-order valence-corrected chi connectivity index (χ4v) is 2.19. The lowest BCUT2D eigenvalue weighted by Gasteiger charge is -2.06. The zero-order valence-corrected chi connectivity index (χ0v) is 10.8. The molecule has 0 radical (unpaired) electrons. The van der Waals surface area contributed by atoms with Crippen LogP contribution in [0.1, 0.15) is 0 Å². The smallest absolute Gasteiger partial charge is 0.256 e. The number of halogens is 1. The van der Waals surface area contributed by atoms with Gasteiger partial charge in [0.05, 0.1) is 7.11 Å². The maximum absolute atomic E-state index is 13.3.